The summed E-state index contributed by atoms with van der Waals surface area (Å²) in [5.74, 6) is 0.911. The Labute approximate surface area is 125 Å². The Kier molecular flexibility index (Phi) is 5.59. The number of methoxy groups -OCH3 is 1. The molecule has 0 heterocycles. The highest BCUT2D eigenvalue weighted by atomic mass is 16.5. The number of rotatable bonds is 8. The molecule has 1 amide bonds. The Balaban J connectivity index is 1.87. The fourth-order valence-corrected chi connectivity index (χ4v) is 2.56. The molecule has 1 saturated carbocycles. The van der Waals surface area contributed by atoms with E-state index in [1.165, 1.54) is 19.3 Å². The van der Waals surface area contributed by atoms with Crippen LogP contribution in [0.1, 0.15) is 31.2 Å². The lowest BCUT2D eigenvalue weighted by Gasteiger charge is -2.30. The van der Waals surface area contributed by atoms with Crippen molar-refractivity contribution in [3.8, 4) is 5.75 Å². The number of nitrogens with two attached hydrogens (primary N) is 2. The Morgan fingerprint density at radius 3 is 2.48 bits per heavy atom. The summed E-state index contributed by atoms with van der Waals surface area (Å²) >= 11 is 0. The number of benzene rings is 1. The van der Waals surface area contributed by atoms with Crippen molar-refractivity contribution in [2.45, 2.75) is 44.4 Å². The molecule has 0 spiro atoms. The van der Waals surface area contributed by atoms with Crippen LogP contribution in [0.25, 0.3) is 0 Å². The van der Waals surface area contributed by atoms with Gasteiger partial charge in [-0.1, -0.05) is 31.4 Å². The van der Waals surface area contributed by atoms with Crippen molar-refractivity contribution < 1.29 is 14.3 Å². The average molecular weight is 292 g/mol. The lowest BCUT2D eigenvalue weighted by Crippen LogP contribution is -2.47. The fourth-order valence-electron chi connectivity index (χ4n) is 2.56. The molecule has 0 saturated heterocycles. The molecule has 4 N–H and O–H groups in total. The molecule has 1 aromatic carbocycles. The van der Waals surface area contributed by atoms with E-state index in [1.807, 2.05) is 24.3 Å². The third kappa shape index (κ3) is 4.44. The van der Waals surface area contributed by atoms with E-state index in [9.17, 15) is 4.79 Å². The molecule has 2 atom stereocenters. The van der Waals surface area contributed by atoms with Crippen LogP contribution in [0.4, 0.5) is 0 Å². The van der Waals surface area contributed by atoms with Gasteiger partial charge in [0.1, 0.15) is 5.75 Å². The van der Waals surface area contributed by atoms with Crippen LogP contribution in [-0.2, 0) is 16.1 Å². The van der Waals surface area contributed by atoms with Crippen LogP contribution < -0.4 is 16.2 Å². The number of ether oxygens (including phenoxy) is 2. The first-order valence-corrected chi connectivity index (χ1v) is 7.39. The molecule has 2 rings (SSSR count). The minimum atomic E-state index is -0.729. The highest BCUT2D eigenvalue weighted by Crippen LogP contribution is 2.31. The van der Waals surface area contributed by atoms with E-state index >= 15 is 0 Å². The lowest BCUT2D eigenvalue weighted by molar-refractivity contribution is -0.132. The molecule has 5 nitrogen and oxygen atoms in total. The quantitative estimate of drug-likeness (QED) is 0.761. The van der Waals surface area contributed by atoms with E-state index < -0.39 is 12.0 Å². The minimum Gasteiger partial charge on any atom is -0.497 e. The van der Waals surface area contributed by atoms with Gasteiger partial charge < -0.3 is 20.9 Å². The van der Waals surface area contributed by atoms with Gasteiger partial charge in [0.05, 0.1) is 13.7 Å². The Bertz CT molecular complexity index is 457. The van der Waals surface area contributed by atoms with E-state index in [-0.39, 0.29) is 6.04 Å². The maximum Gasteiger partial charge on any atom is 0.248 e. The fraction of sp³-hybridized carbons (Fsp3) is 0.562. The summed E-state index contributed by atoms with van der Waals surface area (Å²) in [4.78, 5) is 11.5. The molecule has 0 radical (unpaired) electrons. The number of amides is 1. The van der Waals surface area contributed by atoms with Crippen LogP contribution in [0.15, 0.2) is 24.3 Å². The van der Waals surface area contributed by atoms with Gasteiger partial charge >= 0.3 is 0 Å². The summed E-state index contributed by atoms with van der Waals surface area (Å²) in [5, 5.41) is 0. The van der Waals surface area contributed by atoms with Gasteiger partial charge in [-0.2, -0.15) is 0 Å². The summed E-state index contributed by atoms with van der Waals surface area (Å²) in [7, 11) is 1.62. The molecule has 116 valence electrons. The van der Waals surface area contributed by atoms with Crippen LogP contribution in [-0.4, -0.2) is 25.2 Å². The van der Waals surface area contributed by atoms with Crippen LogP contribution in [0, 0.1) is 5.92 Å². The van der Waals surface area contributed by atoms with Crippen LogP contribution in [0.2, 0.25) is 0 Å². The second-order valence-electron chi connectivity index (χ2n) is 5.68. The van der Waals surface area contributed by atoms with E-state index in [2.05, 4.69) is 0 Å². The zero-order valence-electron chi connectivity index (χ0n) is 12.5. The SMILES string of the molecule is COc1ccc(COC(C(N)=O)C(N)CC2CCC2)cc1. The van der Waals surface area contributed by atoms with Crippen LogP contribution in [0.3, 0.4) is 0 Å². The molecule has 2 unspecified atom stereocenters. The normalized spacial score (nSPS) is 17.8. The molecule has 1 aliphatic rings. The molecule has 1 aliphatic carbocycles. The van der Waals surface area contributed by atoms with Crippen molar-refractivity contribution >= 4 is 5.91 Å². The second kappa shape index (κ2) is 7.43. The standard InChI is InChI=1S/C16H24N2O3/c1-20-13-7-5-12(6-8-13)10-21-15(16(18)19)14(17)9-11-3-2-4-11/h5-8,11,14-15H,2-4,9-10,17H2,1H3,(H2,18,19). The van der Waals surface area contributed by atoms with Crippen LogP contribution in [0.5, 0.6) is 5.75 Å². The molecule has 5 heteroatoms. The lowest BCUT2D eigenvalue weighted by atomic mass is 9.80. The van der Waals surface area contributed by atoms with Crippen molar-refractivity contribution in [1.29, 1.82) is 0 Å². The molecule has 21 heavy (non-hydrogen) atoms. The first-order chi connectivity index (χ1) is 10.1. The smallest absolute Gasteiger partial charge is 0.248 e. The van der Waals surface area contributed by atoms with Gasteiger partial charge in [0.2, 0.25) is 5.91 Å². The molecule has 0 aromatic heterocycles. The van der Waals surface area contributed by atoms with Crippen molar-refractivity contribution in [1.82, 2.24) is 0 Å². The van der Waals surface area contributed by atoms with Gasteiger partial charge in [0.25, 0.3) is 0 Å². The molecule has 0 aliphatic heterocycles. The first-order valence-electron chi connectivity index (χ1n) is 7.39. The molecular formula is C16H24N2O3. The van der Waals surface area contributed by atoms with E-state index in [0.717, 1.165) is 17.7 Å². The second-order valence-corrected chi connectivity index (χ2v) is 5.68. The predicted octanol–water partition coefficient (Wildman–Crippen LogP) is 1.58. The van der Waals surface area contributed by atoms with E-state index in [0.29, 0.717) is 12.5 Å². The highest BCUT2D eigenvalue weighted by molar-refractivity contribution is 5.79. The van der Waals surface area contributed by atoms with Crippen molar-refractivity contribution in [3.05, 3.63) is 29.8 Å². The van der Waals surface area contributed by atoms with Crippen molar-refractivity contribution in [3.63, 3.8) is 0 Å². The number of hydrogen-bond donors (Lipinski definition) is 2. The van der Waals surface area contributed by atoms with Gasteiger partial charge in [0.15, 0.2) is 6.10 Å². The summed E-state index contributed by atoms with van der Waals surface area (Å²) < 4.78 is 10.8. The van der Waals surface area contributed by atoms with Crippen molar-refractivity contribution in [2.24, 2.45) is 17.4 Å². The molecule has 1 aromatic rings. The van der Waals surface area contributed by atoms with Gasteiger partial charge in [-0.05, 0) is 30.0 Å². The number of carbonyl (C=O) groups is 1. The van der Waals surface area contributed by atoms with Gasteiger partial charge in [0, 0.05) is 6.04 Å². The van der Waals surface area contributed by atoms with E-state index in [1.54, 1.807) is 7.11 Å². The zero-order valence-corrected chi connectivity index (χ0v) is 12.5. The average Bonchev–Trinajstić information content (AvgIpc) is 2.43. The van der Waals surface area contributed by atoms with Gasteiger partial charge in [-0.25, -0.2) is 0 Å². The topological polar surface area (TPSA) is 87.6 Å². The summed E-state index contributed by atoms with van der Waals surface area (Å²) in [6.45, 7) is 0.315. The third-order valence-electron chi connectivity index (χ3n) is 4.09. The zero-order chi connectivity index (χ0) is 15.2. The van der Waals surface area contributed by atoms with Crippen molar-refractivity contribution in [2.75, 3.05) is 7.11 Å². The van der Waals surface area contributed by atoms with Crippen LogP contribution >= 0.6 is 0 Å². The summed E-state index contributed by atoms with van der Waals surface area (Å²) in [6, 6.07) is 7.17. The number of carbonyl (C=O) groups excluding carboxylic acids is 1. The molecule has 0 bridgehead atoms. The number of primary amides is 1. The predicted molar refractivity (Wildman–Crippen MR) is 80.7 cm³/mol. The Hall–Kier alpha value is -1.59. The largest absolute Gasteiger partial charge is 0.497 e. The monoisotopic (exact) mass is 292 g/mol. The Morgan fingerprint density at radius 2 is 2.00 bits per heavy atom. The van der Waals surface area contributed by atoms with Gasteiger partial charge in [-0.15, -0.1) is 0 Å². The van der Waals surface area contributed by atoms with Gasteiger partial charge in [-0.3, -0.25) is 4.79 Å². The maximum absolute atomic E-state index is 11.5. The number of hydrogen-bond acceptors (Lipinski definition) is 4. The van der Waals surface area contributed by atoms with E-state index in [4.69, 9.17) is 20.9 Å². The third-order valence-corrected chi connectivity index (χ3v) is 4.09. The Morgan fingerprint density at radius 1 is 1.33 bits per heavy atom. The first kappa shape index (κ1) is 15.8. The summed E-state index contributed by atoms with van der Waals surface area (Å²) in [6.07, 6.45) is 3.71. The minimum absolute atomic E-state index is 0.315. The maximum atomic E-state index is 11.5. The molecular weight excluding hydrogens is 268 g/mol. The molecule has 1 fully saturated rings. The highest BCUT2D eigenvalue weighted by Gasteiger charge is 2.29. The summed E-state index contributed by atoms with van der Waals surface area (Å²) in [5.41, 5.74) is 12.5.